The summed E-state index contributed by atoms with van der Waals surface area (Å²) in [6.07, 6.45) is 24.4. The van der Waals surface area contributed by atoms with Crippen molar-refractivity contribution < 1.29 is 62.0 Å². The van der Waals surface area contributed by atoms with Crippen molar-refractivity contribution in [3.8, 4) is 0 Å². The molecule has 0 fully saturated rings. The van der Waals surface area contributed by atoms with Gasteiger partial charge in [-0.25, -0.2) is 0 Å². The van der Waals surface area contributed by atoms with Crippen molar-refractivity contribution in [3.05, 3.63) is 12.2 Å². The van der Waals surface area contributed by atoms with Crippen LogP contribution in [0, 0.1) is 0 Å². The summed E-state index contributed by atoms with van der Waals surface area (Å²) in [4.78, 5) is 0. The van der Waals surface area contributed by atoms with Gasteiger partial charge in [-0.15, -0.1) is 0 Å². The van der Waals surface area contributed by atoms with Crippen LogP contribution in [-0.2, 0) is 0 Å². The Hall–Kier alpha value is 1.74. The van der Waals surface area contributed by atoms with Gasteiger partial charge in [0.05, 0.1) is 0 Å². The summed E-state index contributed by atoms with van der Waals surface area (Å²) in [6, 6.07) is 0. The number of hydrogen-bond acceptors (Lipinski definition) is 0. The van der Waals surface area contributed by atoms with E-state index in [1.165, 1.54) is 89.9 Å². The van der Waals surface area contributed by atoms with Crippen LogP contribution in [0.4, 0.5) is 0 Å². The summed E-state index contributed by atoms with van der Waals surface area (Å²) in [7, 11) is 0. The first-order valence-electron chi connectivity index (χ1n) is 8.56. The summed E-state index contributed by atoms with van der Waals surface area (Å²) < 4.78 is 0. The van der Waals surface area contributed by atoms with Gasteiger partial charge in [-0.1, -0.05) is 90.2 Å². The molecule has 0 N–H and O–H groups in total. The van der Waals surface area contributed by atoms with Gasteiger partial charge in [0.25, 0.3) is 0 Å². The molecule has 0 aromatic rings. The van der Waals surface area contributed by atoms with Crippen molar-refractivity contribution in [2.24, 2.45) is 0 Å². The monoisotopic (exact) mass is 300 g/mol. The topological polar surface area (TPSA) is 0 Å². The maximum absolute atomic E-state index is 2.41. The van der Waals surface area contributed by atoms with Crippen LogP contribution >= 0.6 is 0 Å². The van der Waals surface area contributed by atoms with Gasteiger partial charge in [-0.2, -0.15) is 0 Å². The van der Waals surface area contributed by atoms with E-state index < -0.39 is 0 Å². The molecule has 0 amide bonds. The van der Waals surface area contributed by atoms with Gasteiger partial charge in [0.2, 0.25) is 0 Å². The van der Waals surface area contributed by atoms with E-state index in [-0.39, 0.29) is 62.0 Å². The first-order chi connectivity index (χ1) is 8.91. The van der Waals surface area contributed by atoms with Crippen molar-refractivity contribution in [2.75, 3.05) is 0 Å². The van der Waals surface area contributed by atoms with E-state index in [0.717, 1.165) is 0 Å². The first kappa shape index (κ1) is 26.6. The molecular formula is C18H38Na2. The molecule has 0 atom stereocenters. The maximum Gasteiger partial charge on any atom is 1.00 e. The first-order valence-corrected chi connectivity index (χ1v) is 8.56. The summed E-state index contributed by atoms with van der Waals surface area (Å²) in [5, 5.41) is 0. The molecule has 0 bridgehead atoms. The molecule has 0 unspecified atom stereocenters. The molecule has 112 valence electrons. The van der Waals surface area contributed by atoms with Gasteiger partial charge in [0, 0.05) is 0 Å². The van der Waals surface area contributed by atoms with Crippen LogP contribution < -0.4 is 59.1 Å². The van der Waals surface area contributed by atoms with Gasteiger partial charge in [-0.05, 0) is 25.7 Å². The predicted octanol–water partition coefficient (Wildman–Crippen LogP) is 1.28. The van der Waals surface area contributed by atoms with Crippen LogP contribution in [0.1, 0.15) is 107 Å². The van der Waals surface area contributed by atoms with Gasteiger partial charge >= 0.3 is 59.1 Å². The molecule has 0 aliphatic carbocycles. The Balaban J connectivity index is -0.000000241. The SMILES string of the molecule is CCCCCCCC/C=C\CCCCCCCC.[H-].[H-].[Na+].[Na+]. The minimum Gasteiger partial charge on any atom is -1.00 e. The second-order valence-electron chi connectivity index (χ2n) is 5.58. The van der Waals surface area contributed by atoms with E-state index in [4.69, 9.17) is 0 Å². The minimum atomic E-state index is 0. The van der Waals surface area contributed by atoms with E-state index in [0.29, 0.717) is 0 Å². The van der Waals surface area contributed by atoms with Crippen LogP contribution in [-0.4, -0.2) is 0 Å². The fourth-order valence-corrected chi connectivity index (χ4v) is 2.32. The molecule has 0 nitrogen and oxygen atoms in total. The molecule has 0 radical (unpaired) electrons. The third-order valence-electron chi connectivity index (χ3n) is 3.62. The van der Waals surface area contributed by atoms with Gasteiger partial charge in [-0.3, -0.25) is 0 Å². The summed E-state index contributed by atoms with van der Waals surface area (Å²) in [6.45, 7) is 4.57. The van der Waals surface area contributed by atoms with Crippen LogP contribution in [0.15, 0.2) is 12.2 Å². The molecule has 0 aromatic carbocycles. The third kappa shape index (κ3) is 24.7. The molecule has 20 heavy (non-hydrogen) atoms. The molecule has 0 aromatic heterocycles. The fourth-order valence-electron chi connectivity index (χ4n) is 2.32. The van der Waals surface area contributed by atoms with E-state index in [1.807, 2.05) is 0 Å². The Morgan fingerprint density at radius 3 is 1.15 bits per heavy atom. The van der Waals surface area contributed by atoms with Gasteiger partial charge in [0.15, 0.2) is 0 Å². The zero-order valence-electron chi connectivity index (χ0n) is 17.1. The van der Waals surface area contributed by atoms with E-state index in [2.05, 4.69) is 26.0 Å². The minimum absolute atomic E-state index is 0. The molecule has 2 heteroatoms. The maximum atomic E-state index is 2.41. The second kappa shape index (κ2) is 25.7. The van der Waals surface area contributed by atoms with Crippen molar-refractivity contribution in [2.45, 2.75) is 104 Å². The molecule has 0 heterocycles. The predicted molar refractivity (Wildman–Crippen MR) is 87.4 cm³/mol. The molecule has 0 spiro atoms. The zero-order valence-corrected chi connectivity index (χ0v) is 19.1. The van der Waals surface area contributed by atoms with Crippen LogP contribution in [0.25, 0.3) is 0 Å². The molecule has 0 aliphatic heterocycles. The summed E-state index contributed by atoms with van der Waals surface area (Å²) in [5.41, 5.74) is 0. The molecular weight excluding hydrogens is 262 g/mol. The van der Waals surface area contributed by atoms with E-state index in [9.17, 15) is 0 Å². The molecule has 0 saturated carbocycles. The van der Waals surface area contributed by atoms with Gasteiger partial charge in [0.1, 0.15) is 0 Å². The Bertz CT molecular complexity index is 158. The van der Waals surface area contributed by atoms with Crippen LogP contribution in [0.2, 0.25) is 0 Å². The Morgan fingerprint density at radius 2 is 0.800 bits per heavy atom. The quantitative estimate of drug-likeness (QED) is 0.257. The van der Waals surface area contributed by atoms with E-state index >= 15 is 0 Å². The number of allylic oxidation sites excluding steroid dienone is 2. The molecule has 0 aliphatic rings. The molecule has 0 rings (SSSR count). The van der Waals surface area contributed by atoms with Crippen molar-refractivity contribution in [3.63, 3.8) is 0 Å². The average molecular weight is 300 g/mol. The fraction of sp³-hybridized carbons (Fsp3) is 0.889. The summed E-state index contributed by atoms with van der Waals surface area (Å²) >= 11 is 0. The number of unbranched alkanes of at least 4 members (excludes halogenated alkanes) is 12. The van der Waals surface area contributed by atoms with Crippen molar-refractivity contribution in [1.82, 2.24) is 0 Å². The Morgan fingerprint density at radius 1 is 0.500 bits per heavy atom. The molecule has 0 saturated heterocycles. The van der Waals surface area contributed by atoms with Crippen molar-refractivity contribution in [1.29, 1.82) is 0 Å². The van der Waals surface area contributed by atoms with Gasteiger partial charge < -0.3 is 2.85 Å². The normalized spacial score (nSPS) is 10.3. The summed E-state index contributed by atoms with van der Waals surface area (Å²) in [5.74, 6) is 0. The van der Waals surface area contributed by atoms with E-state index in [1.54, 1.807) is 0 Å². The van der Waals surface area contributed by atoms with Crippen LogP contribution in [0.3, 0.4) is 0 Å². The smallest absolute Gasteiger partial charge is 1.00 e. The largest absolute Gasteiger partial charge is 1.00 e. The Labute approximate surface area is 176 Å². The second-order valence-corrected chi connectivity index (χ2v) is 5.58. The number of hydrogen-bond donors (Lipinski definition) is 0. The zero-order chi connectivity index (χ0) is 13.3. The standard InChI is InChI=1S/C18H36.2Na.2H/c1-3-5-7-9-11-13-15-17-18-16-14-12-10-8-6-4-2;;;;/h17-18H,3-16H2,1-2H3;;;;/q;2*+1;2*-1/b18-17-;;;;. The van der Waals surface area contributed by atoms with Crippen LogP contribution in [0.5, 0.6) is 0 Å². The van der Waals surface area contributed by atoms with Crippen molar-refractivity contribution >= 4 is 0 Å². The Kier molecular flexibility index (Phi) is 34.2. The number of rotatable bonds is 14. The average Bonchev–Trinajstić information content (AvgIpc) is 2.39. The third-order valence-corrected chi connectivity index (χ3v) is 3.62.